The Morgan fingerprint density at radius 1 is 1.21 bits per heavy atom. The third-order valence-corrected chi connectivity index (χ3v) is 5.61. The fraction of sp³-hybridized carbons (Fsp3) is 0.200. The number of aryl methyl sites for hydroxylation is 1. The second-order valence-corrected chi connectivity index (χ2v) is 7.37. The molecule has 0 spiro atoms. The minimum Gasteiger partial charge on any atom is -0.495 e. The van der Waals surface area contributed by atoms with E-state index in [1.807, 2.05) is 0 Å². The maximum absolute atomic E-state index is 12.7. The monoisotopic (exact) mass is 370 g/mol. The molecule has 0 aliphatic carbocycles. The third-order valence-electron chi connectivity index (χ3n) is 3.53. The molecule has 0 aliphatic heterocycles. The van der Waals surface area contributed by atoms with Gasteiger partial charge in [-0.15, -0.1) is 0 Å². The van der Waals surface area contributed by atoms with Crippen LogP contribution in [0.25, 0.3) is 0 Å². The van der Waals surface area contributed by atoms with Crippen molar-refractivity contribution in [1.29, 1.82) is 0 Å². The number of halogens is 1. The summed E-state index contributed by atoms with van der Waals surface area (Å²) in [5.74, 6) is 0.414. The molecule has 0 heterocycles. The van der Waals surface area contributed by atoms with Gasteiger partial charge >= 0.3 is 0 Å². The molecule has 7 nitrogen and oxygen atoms in total. The Bertz CT molecular complexity index is 899. The van der Waals surface area contributed by atoms with E-state index in [1.165, 1.54) is 38.4 Å². The number of methoxy groups -OCH3 is 1. The standard InChI is InChI=1S/C15H15ClN2O5S/c1-10-4-6-12(9-14(10)18(19)20)24(21,22)17(2)11-5-7-15(23-3)13(16)8-11/h4-9H,1-3H3. The van der Waals surface area contributed by atoms with Crippen LogP contribution in [0.2, 0.25) is 5.02 Å². The molecular weight excluding hydrogens is 356 g/mol. The minimum absolute atomic E-state index is 0.172. The molecule has 2 aromatic rings. The van der Waals surface area contributed by atoms with Crippen molar-refractivity contribution < 1.29 is 18.1 Å². The van der Waals surface area contributed by atoms with Crippen molar-refractivity contribution in [2.45, 2.75) is 11.8 Å². The topological polar surface area (TPSA) is 89.8 Å². The van der Waals surface area contributed by atoms with E-state index in [0.29, 0.717) is 17.0 Å². The van der Waals surface area contributed by atoms with Crippen LogP contribution in [0.1, 0.15) is 5.56 Å². The highest BCUT2D eigenvalue weighted by Crippen LogP contribution is 2.32. The quantitative estimate of drug-likeness (QED) is 0.594. The van der Waals surface area contributed by atoms with Crippen LogP contribution < -0.4 is 9.04 Å². The Hall–Kier alpha value is -2.32. The van der Waals surface area contributed by atoms with Gasteiger partial charge in [0.2, 0.25) is 0 Å². The molecule has 2 rings (SSSR count). The van der Waals surface area contributed by atoms with Gasteiger partial charge in [0.15, 0.2) is 0 Å². The predicted molar refractivity (Wildman–Crippen MR) is 91.4 cm³/mol. The maximum Gasteiger partial charge on any atom is 0.273 e. The molecule has 0 saturated heterocycles. The summed E-state index contributed by atoms with van der Waals surface area (Å²) in [4.78, 5) is 10.2. The van der Waals surface area contributed by atoms with Gasteiger partial charge in [-0.1, -0.05) is 17.7 Å². The van der Waals surface area contributed by atoms with Gasteiger partial charge < -0.3 is 4.74 Å². The van der Waals surface area contributed by atoms with E-state index in [9.17, 15) is 18.5 Å². The van der Waals surface area contributed by atoms with Crippen LogP contribution >= 0.6 is 11.6 Å². The average molecular weight is 371 g/mol. The summed E-state index contributed by atoms with van der Waals surface area (Å²) in [6.07, 6.45) is 0. The molecule has 0 unspecified atom stereocenters. The largest absolute Gasteiger partial charge is 0.495 e. The molecule has 0 atom stereocenters. The van der Waals surface area contributed by atoms with Gasteiger partial charge in [0.1, 0.15) is 5.75 Å². The van der Waals surface area contributed by atoms with Crippen LogP contribution in [0.15, 0.2) is 41.3 Å². The lowest BCUT2D eigenvalue weighted by atomic mass is 10.2. The van der Waals surface area contributed by atoms with E-state index in [1.54, 1.807) is 13.0 Å². The Morgan fingerprint density at radius 3 is 2.42 bits per heavy atom. The summed E-state index contributed by atoms with van der Waals surface area (Å²) in [5.41, 5.74) is 0.440. The lowest BCUT2D eigenvalue weighted by Crippen LogP contribution is -2.26. The van der Waals surface area contributed by atoms with Gasteiger partial charge in [0.05, 0.1) is 27.6 Å². The molecule has 0 aliphatic rings. The second-order valence-electron chi connectivity index (χ2n) is 5.00. The number of rotatable bonds is 5. The molecule has 0 radical (unpaired) electrons. The highest BCUT2D eigenvalue weighted by Gasteiger charge is 2.25. The highest BCUT2D eigenvalue weighted by molar-refractivity contribution is 7.92. The molecule has 0 aromatic heterocycles. The number of benzene rings is 2. The van der Waals surface area contributed by atoms with Gasteiger partial charge in [0.25, 0.3) is 15.7 Å². The van der Waals surface area contributed by atoms with Crippen molar-refractivity contribution >= 4 is 33.0 Å². The number of nitrogens with zero attached hydrogens (tertiary/aromatic N) is 2. The molecule has 0 bridgehead atoms. The summed E-state index contributed by atoms with van der Waals surface area (Å²) in [6.45, 7) is 1.54. The van der Waals surface area contributed by atoms with Crippen LogP contribution in [0, 0.1) is 17.0 Å². The normalized spacial score (nSPS) is 11.2. The Balaban J connectivity index is 2.48. The van der Waals surface area contributed by atoms with Crippen molar-refractivity contribution in [3.8, 4) is 5.75 Å². The van der Waals surface area contributed by atoms with Crippen molar-refractivity contribution in [3.63, 3.8) is 0 Å². The number of hydrogen-bond donors (Lipinski definition) is 0. The number of nitro groups is 1. The summed E-state index contributed by atoms with van der Waals surface area (Å²) in [5, 5.41) is 11.3. The average Bonchev–Trinajstić information content (AvgIpc) is 2.53. The number of sulfonamides is 1. The number of nitro benzene ring substituents is 1. The third kappa shape index (κ3) is 3.29. The molecular formula is C15H15ClN2O5S. The molecule has 0 amide bonds. The van der Waals surface area contributed by atoms with Crippen molar-refractivity contribution in [1.82, 2.24) is 0 Å². The van der Waals surface area contributed by atoms with Crippen LogP contribution in [0.5, 0.6) is 5.75 Å². The zero-order valence-electron chi connectivity index (χ0n) is 13.2. The van der Waals surface area contributed by atoms with Gasteiger partial charge in [-0.3, -0.25) is 14.4 Å². The fourth-order valence-corrected chi connectivity index (χ4v) is 3.55. The summed E-state index contributed by atoms with van der Waals surface area (Å²) in [7, 11) is -1.17. The van der Waals surface area contributed by atoms with E-state index in [4.69, 9.17) is 16.3 Å². The van der Waals surface area contributed by atoms with Crippen LogP contribution in [-0.4, -0.2) is 27.5 Å². The molecule has 24 heavy (non-hydrogen) atoms. The van der Waals surface area contributed by atoms with Crippen LogP contribution in [-0.2, 0) is 10.0 Å². The lowest BCUT2D eigenvalue weighted by molar-refractivity contribution is -0.385. The van der Waals surface area contributed by atoms with E-state index in [0.717, 1.165) is 10.4 Å². The van der Waals surface area contributed by atoms with E-state index in [-0.39, 0.29) is 15.6 Å². The SMILES string of the molecule is COc1ccc(N(C)S(=O)(=O)c2ccc(C)c([N+](=O)[O-])c2)cc1Cl. The molecule has 0 saturated carbocycles. The first-order chi connectivity index (χ1) is 11.2. The Kier molecular flexibility index (Phi) is 5.00. The number of anilines is 1. The summed E-state index contributed by atoms with van der Waals surface area (Å²) in [6, 6.07) is 8.30. The smallest absolute Gasteiger partial charge is 0.273 e. The van der Waals surface area contributed by atoms with Crippen LogP contribution in [0.3, 0.4) is 0 Å². The lowest BCUT2D eigenvalue weighted by Gasteiger charge is -2.20. The maximum atomic E-state index is 12.7. The molecule has 128 valence electrons. The minimum atomic E-state index is -3.97. The Labute approximate surface area is 144 Å². The summed E-state index contributed by atoms with van der Waals surface area (Å²) < 4.78 is 31.5. The van der Waals surface area contributed by atoms with Gasteiger partial charge in [-0.05, 0) is 31.2 Å². The zero-order valence-corrected chi connectivity index (χ0v) is 14.8. The first-order valence-corrected chi connectivity index (χ1v) is 8.58. The van der Waals surface area contributed by atoms with E-state index in [2.05, 4.69) is 0 Å². The van der Waals surface area contributed by atoms with Gasteiger partial charge in [-0.25, -0.2) is 8.42 Å². The number of hydrogen-bond acceptors (Lipinski definition) is 5. The van der Waals surface area contributed by atoms with Gasteiger partial charge in [0, 0.05) is 18.7 Å². The van der Waals surface area contributed by atoms with Crippen LogP contribution in [0.4, 0.5) is 11.4 Å². The highest BCUT2D eigenvalue weighted by atomic mass is 35.5. The molecule has 9 heteroatoms. The molecule has 0 N–H and O–H groups in total. The first kappa shape index (κ1) is 18.0. The first-order valence-electron chi connectivity index (χ1n) is 6.76. The zero-order chi connectivity index (χ0) is 18.1. The number of ether oxygens (including phenoxy) is 1. The Morgan fingerprint density at radius 2 is 1.88 bits per heavy atom. The fourth-order valence-electron chi connectivity index (χ4n) is 2.09. The summed E-state index contributed by atoms with van der Waals surface area (Å²) >= 11 is 6.02. The predicted octanol–water partition coefficient (Wildman–Crippen LogP) is 3.39. The van der Waals surface area contributed by atoms with Crippen molar-refractivity contribution in [2.24, 2.45) is 0 Å². The second kappa shape index (κ2) is 6.66. The molecule has 0 fully saturated rings. The van der Waals surface area contributed by atoms with E-state index < -0.39 is 14.9 Å². The van der Waals surface area contributed by atoms with Crippen molar-refractivity contribution in [2.75, 3.05) is 18.5 Å². The van der Waals surface area contributed by atoms with E-state index >= 15 is 0 Å². The molecule has 2 aromatic carbocycles. The van der Waals surface area contributed by atoms with Gasteiger partial charge in [-0.2, -0.15) is 0 Å². The van der Waals surface area contributed by atoms with Crippen molar-refractivity contribution in [3.05, 3.63) is 57.1 Å².